The summed E-state index contributed by atoms with van der Waals surface area (Å²) in [5.41, 5.74) is 5.47. The molecule has 126 valence electrons. The van der Waals surface area contributed by atoms with Crippen molar-refractivity contribution in [3.05, 3.63) is 12.2 Å². The van der Waals surface area contributed by atoms with Crippen molar-refractivity contribution in [3.8, 4) is 0 Å². The number of hydrogen-bond acceptors (Lipinski definition) is 3. The Morgan fingerprint density at radius 3 is 1.71 bits per heavy atom. The minimum absolute atomic E-state index is 0.661. The predicted octanol–water partition coefficient (Wildman–Crippen LogP) is 4.27. The lowest BCUT2D eigenvalue weighted by atomic mass is 10.0. The Bertz CT molecular complexity index is 250. The van der Waals surface area contributed by atoms with Gasteiger partial charge in [-0.2, -0.15) is 0 Å². The van der Waals surface area contributed by atoms with Crippen LogP contribution in [0.2, 0.25) is 0 Å². The molecule has 4 N–H and O–H groups in total. The second kappa shape index (κ2) is 13.3. The van der Waals surface area contributed by atoms with E-state index in [0.717, 1.165) is 12.8 Å². The molecular weight excluding hydrogens is 262 g/mol. The van der Waals surface area contributed by atoms with Crippen molar-refractivity contribution < 1.29 is 10.2 Å². The molecule has 0 aromatic rings. The molecule has 3 heteroatoms. The van der Waals surface area contributed by atoms with E-state index in [1.807, 2.05) is 6.08 Å². The van der Waals surface area contributed by atoms with Crippen molar-refractivity contribution in [1.82, 2.24) is 0 Å². The molecule has 0 saturated heterocycles. The molecule has 0 radical (unpaired) electrons. The summed E-state index contributed by atoms with van der Waals surface area (Å²) in [6.45, 7) is 3.85. The highest BCUT2D eigenvalue weighted by molar-refractivity contribution is 4.98. The van der Waals surface area contributed by atoms with Gasteiger partial charge in [-0.15, -0.1) is 0 Å². The minimum atomic E-state index is -1.86. The van der Waals surface area contributed by atoms with Gasteiger partial charge in [0.1, 0.15) is 0 Å². The molecule has 1 atom stereocenters. The fraction of sp³-hybridized carbons (Fsp3) is 0.889. The Morgan fingerprint density at radius 2 is 1.29 bits per heavy atom. The Kier molecular flexibility index (Phi) is 13.1. The summed E-state index contributed by atoms with van der Waals surface area (Å²) in [6, 6.07) is -0.661. The summed E-state index contributed by atoms with van der Waals surface area (Å²) < 4.78 is 0. The average Bonchev–Trinajstić information content (AvgIpc) is 2.43. The van der Waals surface area contributed by atoms with E-state index < -0.39 is 11.8 Å². The third-order valence-corrected chi connectivity index (χ3v) is 4.01. The van der Waals surface area contributed by atoms with E-state index in [0.29, 0.717) is 0 Å². The molecule has 0 aromatic carbocycles. The van der Waals surface area contributed by atoms with E-state index in [1.165, 1.54) is 70.3 Å². The van der Waals surface area contributed by atoms with Gasteiger partial charge in [-0.1, -0.05) is 77.2 Å². The molecular formula is C18H37NO2. The van der Waals surface area contributed by atoms with Crippen LogP contribution in [0.15, 0.2) is 12.2 Å². The first kappa shape index (κ1) is 20.6. The SMILES string of the molecule is CCCCCCCCCCCCCC=CC(O)(O)C(C)N. The Morgan fingerprint density at radius 1 is 0.857 bits per heavy atom. The van der Waals surface area contributed by atoms with Gasteiger partial charge in [0.25, 0.3) is 0 Å². The number of unbranched alkanes of at least 4 members (excludes halogenated alkanes) is 11. The van der Waals surface area contributed by atoms with Crippen LogP contribution in [-0.4, -0.2) is 22.0 Å². The van der Waals surface area contributed by atoms with Crippen molar-refractivity contribution in [3.63, 3.8) is 0 Å². The van der Waals surface area contributed by atoms with E-state index in [1.54, 1.807) is 6.92 Å². The van der Waals surface area contributed by atoms with Gasteiger partial charge in [-0.05, 0) is 25.8 Å². The first-order valence-electron chi connectivity index (χ1n) is 8.88. The Hall–Kier alpha value is -0.380. The Labute approximate surface area is 131 Å². The highest BCUT2D eigenvalue weighted by Gasteiger charge is 2.23. The number of nitrogens with two attached hydrogens (primary N) is 1. The highest BCUT2D eigenvalue weighted by Crippen LogP contribution is 2.13. The number of hydrogen-bond donors (Lipinski definition) is 3. The molecule has 3 nitrogen and oxygen atoms in total. The molecule has 1 unspecified atom stereocenters. The molecule has 0 amide bonds. The molecule has 0 aromatic heterocycles. The lowest BCUT2D eigenvalue weighted by Crippen LogP contribution is -2.44. The first-order valence-corrected chi connectivity index (χ1v) is 8.88. The fourth-order valence-corrected chi connectivity index (χ4v) is 2.33. The molecule has 21 heavy (non-hydrogen) atoms. The van der Waals surface area contributed by atoms with Gasteiger partial charge < -0.3 is 15.9 Å². The topological polar surface area (TPSA) is 66.5 Å². The molecule has 0 bridgehead atoms. The van der Waals surface area contributed by atoms with Gasteiger partial charge in [0.15, 0.2) is 5.79 Å². The van der Waals surface area contributed by atoms with Crippen LogP contribution < -0.4 is 5.73 Å². The van der Waals surface area contributed by atoms with Crippen molar-refractivity contribution in [1.29, 1.82) is 0 Å². The first-order chi connectivity index (χ1) is 10.0. The number of allylic oxidation sites excluding steroid dienone is 1. The van der Waals surface area contributed by atoms with Crippen LogP contribution in [0.4, 0.5) is 0 Å². The second-order valence-electron chi connectivity index (χ2n) is 6.30. The third kappa shape index (κ3) is 13.0. The van der Waals surface area contributed by atoms with E-state index in [4.69, 9.17) is 5.73 Å². The monoisotopic (exact) mass is 299 g/mol. The maximum atomic E-state index is 9.51. The zero-order valence-corrected chi connectivity index (χ0v) is 14.2. The molecule has 0 aliphatic carbocycles. The van der Waals surface area contributed by atoms with Gasteiger partial charge >= 0.3 is 0 Å². The third-order valence-electron chi connectivity index (χ3n) is 4.01. The Balaban J connectivity index is 3.28. The van der Waals surface area contributed by atoms with Crippen LogP contribution in [0.3, 0.4) is 0 Å². The van der Waals surface area contributed by atoms with Crippen molar-refractivity contribution in [2.45, 2.75) is 103 Å². The molecule has 0 rings (SSSR count). The minimum Gasteiger partial charge on any atom is -0.361 e. The van der Waals surface area contributed by atoms with E-state index in [9.17, 15) is 10.2 Å². The van der Waals surface area contributed by atoms with Crippen LogP contribution in [-0.2, 0) is 0 Å². The van der Waals surface area contributed by atoms with Crippen LogP contribution in [0.1, 0.15) is 90.9 Å². The molecule has 0 spiro atoms. The second-order valence-corrected chi connectivity index (χ2v) is 6.30. The van der Waals surface area contributed by atoms with Gasteiger partial charge in [0.05, 0.1) is 6.04 Å². The van der Waals surface area contributed by atoms with Crippen LogP contribution in [0.25, 0.3) is 0 Å². The molecule has 0 saturated carbocycles. The van der Waals surface area contributed by atoms with Gasteiger partial charge in [0.2, 0.25) is 0 Å². The van der Waals surface area contributed by atoms with E-state index in [2.05, 4.69) is 6.92 Å². The highest BCUT2D eigenvalue weighted by atomic mass is 16.5. The largest absolute Gasteiger partial charge is 0.361 e. The summed E-state index contributed by atoms with van der Waals surface area (Å²) in [5.74, 6) is -1.86. The smallest absolute Gasteiger partial charge is 0.198 e. The summed E-state index contributed by atoms with van der Waals surface area (Å²) in [6.07, 6.45) is 18.8. The standard InChI is InChI=1S/C18H37NO2/c1-3-4-5-6-7-8-9-10-11-12-13-14-15-16-18(20,21)17(2)19/h15-17,20-21H,3-14,19H2,1-2H3. The van der Waals surface area contributed by atoms with Crippen LogP contribution in [0, 0.1) is 0 Å². The maximum absolute atomic E-state index is 9.51. The number of rotatable bonds is 14. The lowest BCUT2D eigenvalue weighted by Gasteiger charge is -2.21. The molecule has 0 aliphatic heterocycles. The summed E-state index contributed by atoms with van der Waals surface area (Å²) in [5, 5.41) is 19.0. The van der Waals surface area contributed by atoms with Crippen molar-refractivity contribution in [2.24, 2.45) is 5.73 Å². The van der Waals surface area contributed by atoms with Crippen LogP contribution >= 0.6 is 0 Å². The molecule has 0 heterocycles. The van der Waals surface area contributed by atoms with Crippen molar-refractivity contribution >= 4 is 0 Å². The normalized spacial score (nSPS) is 14.0. The maximum Gasteiger partial charge on any atom is 0.198 e. The summed E-state index contributed by atoms with van der Waals surface area (Å²) >= 11 is 0. The van der Waals surface area contributed by atoms with E-state index >= 15 is 0 Å². The van der Waals surface area contributed by atoms with Crippen molar-refractivity contribution in [2.75, 3.05) is 0 Å². The number of aliphatic hydroxyl groups is 2. The average molecular weight is 299 g/mol. The lowest BCUT2D eigenvalue weighted by molar-refractivity contribution is -0.131. The molecule has 0 aliphatic rings. The zero-order chi connectivity index (χ0) is 16.0. The summed E-state index contributed by atoms with van der Waals surface area (Å²) in [4.78, 5) is 0. The predicted molar refractivity (Wildman–Crippen MR) is 91.0 cm³/mol. The quantitative estimate of drug-likeness (QED) is 0.255. The van der Waals surface area contributed by atoms with E-state index in [-0.39, 0.29) is 0 Å². The zero-order valence-electron chi connectivity index (χ0n) is 14.2. The summed E-state index contributed by atoms with van der Waals surface area (Å²) in [7, 11) is 0. The molecule has 0 fully saturated rings. The van der Waals surface area contributed by atoms with Gasteiger partial charge in [-0.25, -0.2) is 0 Å². The fourth-order valence-electron chi connectivity index (χ4n) is 2.33. The van der Waals surface area contributed by atoms with Gasteiger partial charge in [-0.3, -0.25) is 0 Å². The van der Waals surface area contributed by atoms with Gasteiger partial charge in [0, 0.05) is 0 Å². The van der Waals surface area contributed by atoms with Crippen LogP contribution in [0.5, 0.6) is 0 Å².